The first-order chi connectivity index (χ1) is 12.8. The second-order valence-corrected chi connectivity index (χ2v) is 7.50. The third-order valence-electron chi connectivity index (χ3n) is 5.78. The Morgan fingerprint density at radius 1 is 0.808 bits per heavy atom. The first-order valence-corrected chi connectivity index (χ1v) is 9.78. The van der Waals surface area contributed by atoms with E-state index in [9.17, 15) is 5.11 Å². The lowest BCUT2D eigenvalue weighted by molar-refractivity contribution is -0.0158. The van der Waals surface area contributed by atoms with Crippen molar-refractivity contribution in [3.63, 3.8) is 0 Å². The van der Waals surface area contributed by atoms with Gasteiger partial charge in [-0.25, -0.2) is 0 Å². The molecule has 2 aliphatic rings. The van der Waals surface area contributed by atoms with E-state index in [0.29, 0.717) is 0 Å². The van der Waals surface area contributed by atoms with Crippen LogP contribution < -0.4 is 4.90 Å². The van der Waals surface area contributed by atoms with E-state index in [1.165, 1.54) is 11.3 Å². The average molecular weight is 351 g/mol. The van der Waals surface area contributed by atoms with Crippen LogP contribution in [0.4, 0.5) is 5.69 Å². The molecule has 0 aliphatic carbocycles. The molecule has 1 N–H and O–H groups in total. The van der Waals surface area contributed by atoms with E-state index < -0.39 is 0 Å². The number of benzene rings is 2. The molecular formula is C22H29N3O. The molecule has 2 atom stereocenters. The Bertz CT molecular complexity index is 670. The third kappa shape index (κ3) is 4.09. The lowest BCUT2D eigenvalue weighted by Gasteiger charge is -2.46. The largest absolute Gasteiger partial charge is 0.391 e. The number of piperidine rings is 1. The molecule has 0 bridgehead atoms. The lowest BCUT2D eigenvalue weighted by atomic mass is 9.99. The van der Waals surface area contributed by atoms with Crippen LogP contribution in [0.1, 0.15) is 12.0 Å². The molecule has 4 rings (SSSR count). The highest BCUT2D eigenvalue weighted by Crippen LogP contribution is 2.22. The van der Waals surface area contributed by atoms with Crippen LogP contribution in [0.15, 0.2) is 60.7 Å². The van der Waals surface area contributed by atoms with Gasteiger partial charge in [-0.1, -0.05) is 48.5 Å². The molecule has 0 radical (unpaired) electrons. The zero-order valence-corrected chi connectivity index (χ0v) is 15.4. The van der Waals surface area contributed by atoms with Gasteiger partial charge in [0.2, 0.25) is 0 Å². The molecule has 0 aromatic heterocycles. The summed E-state index contributed by atoms with van der Waals surface area (Å²) in [4.78, 5) is 7.45. The fourth-order valence-electron chi connectivity index (χ4n) is 4.28. The topological polar surface area (TPSA) is 30.0 Å². The van der Waals surface area contributed by atoms with Gasteiger partial charge >= 0.3 is 0 Å². The zero-order chi connectivity index (χ0) is 17.8. The molecule has 0 saturated carbocycles. The molecule has 2 aliphatic heterocycles. The average Bonchev–Trinajstić information content (AvgIpc) is 2.71. The van der Waals surface area contributed by atoms with Gasteiger partial charge in [-0.2, -0.15) is 0 Å². The minimum absolute atomic E-state index is 0.203. The van der Waals surface area contributed by atoms with Crippen molar-refractivity contribution in [1.82, 2.24) is 9.80 Å². The summed E-state index contributed by atoms with van der Waals surface area (Å²) >= 11 is 0. The smallest absolute Gasteiger partial charge is 0.0720 e. The van der Waals surface area contributed by atoms with Crippen molar-refractivity contribution in [3.05, 3.63) is 66.2 Å². The minimum atomic E-state index is -0.203. The first-order valence-electron chi connectivity index (χ1n) is 9.78. The number of hydrogen-bond acceptors (Lipinski definition) is 4. The SMILES string of the molecule is O[C@@H]1CCN(Cc2ccccc2)C[C@H]1N1CCN(c2ccccc2)CC1. The van der Waals surface area contributed by atoms with Crippen LogP contribution in [-0.4, -0.2) is 66.3 Å². The second-order valence-electron chi connectivity index (χ2n) is 7.50. The van der Waals surface area contributed by atoms with Crippen LogP contribution in [-0.2, 0) is 6.54 Å². The van der Waals surface area contributed by atoms with Gasteiger partial charge in [0.05, 0.1) is 6.10 Å². The van der Waals surface area contributed by atoms with E-state index in [2.05, 4.69) is 75.4 Å². The zero-order valence-electron chi connectivity index (χ0n) is 15.4. The Morgan fingerprint density at radius 2 is 1.46 bits per heavy atom. The van der Waals surface area contributed by atoms with E-state index in [4.69, 9.17) is 0 Å². The van der Waals surface area contributed by atoms with Crippen molar-refractivity contribution >= 4 is 5.69 Å². The molecule has 26 heavy (non-hydrogen) atoms. The van der Waals surface area contributed by atoms with E-state index in [-0.39, 0.29) is 12.1 Å². The van der Waals surface area contributed by atoms with E-state index in [0.717, 1.165) is 52.2 Å². The molecule has 2 fully saturated rings. The summed E-state index contributed by atoms with van der Waals surface area (Å²) in [7, 11) is 0. The Balaban J connectivity index is 1.34. The quantitative estimate of drug-likeness (QED) is 0.916. The Labute approximate surface area is 156 Å². The van der Waals surface area contributed by atoms with Crippen molar-refractivity contribution in [2.75, 3.05) is 44.2 Å². The first kappa shape index (κ1) is 17.5. The summed E-state index contributed by atoms with van der Waals surface area (Å²) < 4.78 is 0. The number of aliphatic hydroxyl groups excluding tert-OH is 1. The maximum atomic E-state index is 10.6. The van der Waals surface area contributed by atoms with Gasteiger partial charge in [-0.3, -0.25) is 9.80 Å². The van der Waals surface area contributed by atoms with Gasteiger partial charge in [-0.15, -0.1) is 0 Å². The summed E-state index contributed by atoms with van der Waals surface area (Å²) in [5, 5.41) is 10.6. The number of aliphatic hydroxyl groups is 1. The van der Waals surface area contributed by atoms with Crippen LogP contribution >= 0.6 is 0 Å². The minimum Gasteiger partial charge on any atom is -0.391 e. The fourth-order valence-corrected chi connectivity index (χ4v) is 4.28. The molecule has 2 saturated heterocycles. The highest BCUT2D eigenvalue weighted by Gasteiger charge is 2.33. The molecule has 2 aromatic rings. The van der Waals surface area contributed by atoms with Crippen LogP contribution in [0.5, 0.6) is 0 Å². The highest BCUT2D eigenvalue weighted by atomic mass is 16.3. The molecule has 0 spiro atoms. The maximum Gasteiger partial charge on any atom is 0.0720 e. The third-order valence-corrected chi connectivity index (χ3v) is 5.78. The van der Waals surface area contributed by atoms with Gasteiger partial charge in [0.15, 0.2) is 0 Å². The Kier molecular flexibility index (Phi) is 5.54. The predicted molar refractivity (Wildman–Crippen MR) is 106 cm³/mol. The Morgan fingerprint density at radius 3 is 2.15 bits per heavy atom. The van der Waals surface area contributed by atoms with Crippen LogP contribution in [0.25, 0.3) is 0 Å². The standard InChI is InChI=1S/C22H29N3O/c26-22-11-12-23(17-19-7-3-1-4-8-19)18-21(22)25-15-13-24(14-16-25)20-9-5-2-6-10-20/h1-10,21-22,26H,11-18H2/t21-,22-/m1/s1. The number of anilines is 1. The number of piperazine rings is 1. The molecule has 4 heteroatoms. The van der Waals surface area contributed by atoms with Gasteiger partial charge in [0.25, 0.3) is 0 Å². The fraction of sp³-hybridized carbons (Fsp3) is 0.455. The van der Waals surface area contributed by atoms with Crippen molar-refractivity contribution in [3.8, 4) is 0 Å². The molecule has 138 valence electrons. The Hall–Kier alpha value is -1.88. The van der Waals surface area contributed by atoms with Gasteiger partial charge in [0, 0.05) is 57.5 Å². The highest BCUT2D eigenvalue weighted by molar-refractivity contribution is 5.46. The maximum absolute atomic E-state index is 10.6. The number of hydrogen-bond donors (Lipinski definition) is 1. The summed E-state index contributed by atoms with van der Waals surface area (Å²) in [5.41, 5.74) is 2.67. The van der Waals surface area contributed by atoms with Crippen LogP contribution in [0.3, 0.4) is 0 Å². The molecular weight excluding hydrogens is 322 g/mol. The molecule has 0 amide bonds. The van der Waals surface area contributed by atoms with Gasteiger partial charge in [-0.05, 0) is 24.1 Å². The summed E-state index contributed by atoms with van der Waals surface area (Å²) in [6, 6.07) is 21.6. The number of likely N-dealkylation sites (tertiary alicyclic amines) is 1. The van der Waals surface area contributed by atoms with Gasteiger partial charge in [0.1, 0.15) is 0 Å². The van der Waals surface area contributed by atoms with Crippen molar-refractivity contribution < 1.29 is 5.11 Å². The van der Waals surface area contributed by atoms with E-state index in [1.807, 2.05) is 0 Å². The molecule has 2 aromatic carbocycles. The lowest BCUT2D eigenvalue weighted by Crippen LogP contribution is -2.59. The van der Waals surface area contributed by atoms with E-state index >= 15 is 0 Å². The number of rotatable bonds is 4. The van der Waals surface area contributed by atoms with Crippen molar-refractivity contribution in [2.45, 2.75) is 25.1 Å². The normalized spacial score (nSPS) is 25.3. The second kappa shape index (κ2) is 8.21. The number of para-hydroxylation sites is 1. The molecule has 2 heterocycles. The summed E-state index contributed by atoms with van der Waals surface area (Å²) in [5.74, 6) is 0. The number of nitrogens with zero attached hydrogens (tertiary/aromatic N) is 3. The van der Waals surface area contributed by atoms with Gasteiger partial charge < -0.3 is 10.0 Å². The van der Waals surface area contributed by atoms with Crippen LogP contribution in [0.2, 0.25) is 0 Å². The molecule has 4 nitrogen and oxygen atoms in total. The summed E-state index contributed by atoms with van der Waals surface area (Å²) in [6.07, 6.45) is 0.668. The molecule has 0 unspecified atom stereocenters. The predicted octanol–water partition coefficient (Wildman–Crippen LogP) is 2.44. The van der Waals surface area contributed by atoms with Crippen LogP contribution in [0, 0.1) is 0 Å². The van der Waals surface area contributed by atoms with E-state index in [1.54, 1.807) is 0 Å². The summed E-state index contributed by atoms with van der Waals surface area (Å²) in [6.45, 7) is 7.04. The monoisotopic (exact) mass is 351 g/mol. The van der Waals surface area contributed by atoms with Crippen molar-refractivity contribution in [1.29, 1.82) is 0 Å². The van der Waals surface area contributed by atoms with Crippen molar-refractivity contribution in [2.24, 2.45) is 0 Å².